The number of nitrogens with zero attached hydrogens (tertiary/aromatic N) is 1. The third-order valence-electron chi connectivity index (χ3n) is 14.6. The molecule has 0 aromatic carbocycles. The monoisotopic (exact) mass is 902 g/mol. The van der Waals surface area contributed by atoms with E-state index in [1.165, 1.54) is 7.11 Å². The summed E-state index contributed by atoms with van der Waals surface area (Å²) in [5.41, 5.74) is 1.05. The van der Waals surface area contributed by atoms with E-state index < -0.39 is 83.9 Å². The first-order chi connectivity index (χ1) is 30.2. The normalized spacial score (nSPS) is 40.6. The van der Waals surface area contributed by atoms with Gasteiger partial charge in [0.15, 0.2) is 5.78 Å². The van der Waals surface area contributed by atoms with Crippen molar-refractivity contribution in [1.29, 1.82) is 0 Å². The second kappa shape index (κ2) is 24.6. The number of aliphatic hydroxyl groups is 4. The number of allylic oxidation sites excluding steroid dienone is 4. The molecule has 0 aromatic rings. The van der Waals surface area contributed by atoms with Crippen molar-refractivity contribution in [1.82, 2.24) is 4.90 Å². The van der Waals surface area contributed by atoms with Gasteiger partial charge in [0.25, 0.3) is 11.7 Å². The smallest absolute Gasteiger partial charge is 0.329 e. The summed E-state index contributed by atoms with van der Waals surface area (Å²) in [6.07, 6.45) is 7.83. The lowest BCUT2D eigenvalue weighted by atomic mass is 9.78. The van der Waals surface area contributed by atoms with Gasteiger partial charge < -0.3 is 44.3 Å². The number of carbonyl (C=O) groups excluding carboxylic acids is 5. The summed E-state index contributed by atoms with van der Waals surface area (Å²) in [6.45, 7) is 12.6. The average Bonchev–Trinajstić information content (AvgIpc) is 3.26. The summed E-state index contributed by atoms with van der Waals surface area (Å²) < 4.78 is 23.4. The van der Waals surface area contributed by atoms with Crippen LogP contribution in [0.5, 0.6) is 0 Å². The molecule has 2 bridgehead atoms. The van der Waals surface area contributed by atoms with E-state index in [4.69, 9.17) is 18.9 Å². The molecule has 3 fully saturated rings. The highest BCUT2D eigenvalue weighted by atomic mass is 16.6. The number of hydrogen-bond donors (Lipinski definition) is 4. The fourth-order valence-electron chi connectivity index (χ4n) is 10.1. The van der Waals surface area contributed by atoms with Crippen LogP contribution in [0.3, 0.4) is 0 Å². The third-order valence-corrected chi connectivity index (χ3v) is 14.6. The molecule has 1 saturated carbocycles. The second-order valence-corrected chi connectivity index (χ2v) is 19.7. The van der Waals surface area contributed by atoms with Crippen LogP contribution in [0.1, 0.15) is 138 Å². The Morgan fingerprint density at radius 2 is 1.59 bits per heavy atom. The van der Waals surface area contributed by atoms with Crippen LogP contribution in [-0.4, -0.2) is 130 Å². The van der Waals surface area contributed by atoms with E-state index >= 15 is 0 Å². The van der Waals surface area contributed by atoms with Gasteiger partial charge in [-0.05, 0) is 120 Å². The summed E-state index contributed by atoms with van der Waals surface area (Å²) >= 11 is 0. The minimum Gasteiger partial charge on any atom is -0.460 e. The molecule has 3 aliphatic heterocycles. The highest BCUT2D eigenvalue weighted by Crippen LogP contribution is 2.37. The Bertz CT molecular complexity index is 1690. The highest BCUT2D eigenvalue weighted by molar-refractivity contribution is 6.39. The Balaban J connectivity index is 1.68. The Morgan fingerprint density at radius 3 is 2.28 bits per heavy atom. The van der Waals surface area contributed by atoms with Gasteiger partial charge in [0.1, 0.15) is 30.1 Å². The molecular formula is C50H79NO13. The number of esters is 1. The van der Waals surface area contributed by atoms with Crippen LogP contribution >= 0.6 is 0 Å². The number of aliphatic hydroxyl groups excluding tert-OH is 3. The summed E-state index contributed by atoms with van der Waals surface area (Å²) in [7, 11) is 2.94. The maximum absolute atomic E-state index is 14.3. The number of rotatable bonds is 5. The van der Waals surface area contributed by atoms with E-state index in [2.05, 4.69) is 6.92 Å². The summed E-state index contributed by atoms with van der Waals surface area (Å²) in [4.78, 5) is 71.5. The van der Waals surface area contributed by atoms with E-state index in [-0.39, 0.29) is 61.2 Å². The van der Waals surface area contributed by atoms with Crippen molar-refractivity contribution in [2.75, 3.05) is 20.8 Å². The number of Topliss-reactive ketones (excluding diaryl/α,β-unsaturated/α-hetero) is 3. The van der Waals surface area contributed by atoms with Crippen molar-refractivity contribution >= 4 is 29.2 Å². The van der Waals surface area contributed by atoms with Crippen LogP contribution in [0, 0.1) is 35.5 Å². The fraction of sp³-hybridized carbons (Fsp3) is 0.780. The zero-order valence-electron chi connectivity index (χ0n) is 39.9. The zero-order valence-corrected chi connectivity index (χ0v) is 39.9. The molecule has 1 aliphatic carbocycles. The SMILES string of the molecule is CO[C@@H]1C[C@@H](C[C@@H](C)[C@@H]2CC(=O)[C@H](C)/C=C(/C)[C@@H](O)[C@@H](OC)C(=O)[C@H](C)C[C@H](C)CC/C=C\C=C(/C)[C@@H](O)C[C@@H]3CC[C@@H](C)[C@@](O)(O3)C(=O)C(=O)N3CCCC[C@H]3C(=O)O2)CC[C@H]1O. The summed E-state index contributed by atoms with van der Waals surface area (Å²) in [5, 5.41) is 44.8. The molecule has 64 heavy (non-hydrogen) atoms. The molecule has 4 N–H and O–H groups in total. The maximum atomic E-state index is 14.3. The van der Waals surface area contributed by atoms with Gasteiger partial charge in [-0.3, -0.25) is 19.2 Å². The van der Waals surface area contributed by atoms with Gasteiger partial charge in [-0.2, -0.15) is 0 Å². The van der Waals surface area contributed by atoms with Gasteiger partial charge in [-0.25, -0.2) is 4.79 Å². The van der Waals surface area contributed by atoms with E-state index in [1.54, 1.807) is 47.0 Å². The van der Waals surface area contributed by atoms with Crippen molar-refractivity contribution in [3.8, 4) is 0 Å². The zero-order chi connectivity index (χ0) is 47.5. The van der Waals surface area contributed by atoms with Crippen LogP contribution < -0.4 is 0 Å². The van der Waals surface area contributed by atoms with Gasteiger partial charge in [-0.15, -0.1) is 0 Å². The van der Waals surface area contributed by atoms with Gasteiger partial charge in [-0.1, -0.05) is 58.9 Å². The number of methoxy groups -OCH3 is 2. The predicted octanol–water partition coefficient (Wildman–Crippen LogP) is 5.75. The van der Waals surface area contributed by atoms with Gasteiger partial charge in [0.2, 0.25) is 5.79 Å². The molecule has 0 radical (unpaired) electrons. The van der Waals surface area contributed by atoms with E-state index in [0.717, 1.165) is 24.2 Å². The molecule has 362 valence electrons. The third kappa shape index (κ3) is 14.0. The topological polar surface area (TPSA) is 206 Å². The minimum atomic E-state index is -2.47. The lowest BCUT2D eigenvalue weighted by Gasteiger charge is -2.42. The van der Waals surface area contributed by atoms with Gasteiger partial charge in [0.05, 0.1) is 24.4 Å². The number of piperidine rings is 1. The number of carbonyl (C=O) groups is 5. The second-order valence-electron chi connectivity index (χ2n) is 19.7. The van der Waals surface area contributed by atoms with Crippen molar-refractivity contribution in [3.05, 3.63) is 35.5 Å². The van der Waals surface area contributed by atoms with Crippen molar-refractivity contribution in [2.24, 2.45) is 35.5 Å². The molecule has 14 heteroatoms. The van der Waals surface area contributed by atoms with Crippen LogP contribution in [0.25, 0.3) is 0 Å². The first kappa shape index (κ1) is 53.5. The van der Waals surface area contributed by atoms with Crippen LogP contribution in [0.2, 0.25) is 0 Å². The van der Waals surface area contributed by atoms with E-state index in [0.29, 0.717) is 62.5 Å². The first-order valence-electron chi connectivity index (χ1n) is 23.9. The van der Waals surface area contributed by atoms with Gasteiger partial charge >= 0.3 is 5.97 Å². The molecule has 1 amide bonds. The van der Waals surface area contributed by atoms with Crippen molar-refractivity contribution < 1.29 is 63.3 Å². The Morgan fingerprint density at radius 1 is 0.875 bits per heavy atom. The quantitative estimate of drug-likeness (QED) is 0.148. The number of ether oxygens (including phenoxy) is 4. The van der Waals surface area contributed by atoms with Crippen molar-refractivity contribution in [3.63, 3.8) is 0 Å². The molecule has 2 saturated heterocycles. The number of cyclic esters (lactones) is 1. The molecule has 4 aliphatic rings. The number of hydrogen-bond acceptors (Lipinski definition) is 13. The Labute approximate surface area is 381 Å². The molecule has 0 aromatic heterocycles. The molecule has 0 spiro atoms. The molecular weight excluding hydrogens is 823 g/mol. The summed E-state index contributed by atoms with van der Waals surface area (Å²) in [5.74, 6) is -7.92. The highest BCUT2D eigenvalue weighted by Gasteiger charge is 2.53. The van der Waals surface area contributed by atoms with Crippen LogP contribution in [0.15, 0.2) is 35.5 Å². The lowest BCUT2D eigenvalue weighted by molar-refractivity contribution is -0.265. The molecule has 14 nitrogen and oxygen atoms in total. The standard InChI is InChI=1S/C50H79NO13/c1-29-15-11-10-12-16-30(2)40(53)27-37-20-18-35(7)50(60,64-37)47(57)48(58)51-22-14-13-17-38(51)49(59)63-42(32(4)25-36-19-21-39(52)43(26-36)61-8)28-41(54)31(3)24-34(6)45(56)46(62-9)44(55)33(5)23-29/h10,12,16,24,29,31-33,35-40,42-43,45-46,52-53,56,60H,11,13-15,17-23,25-28H2,1-9H3/b12-10-,30-16+,34-24-/t29-,31-,32-,33-,35-,36-,37+,38+,39-,40+,42+,43-,45-,46+,50-/m1/s1. The largest absolute Gasteiger partial charge is 0.460 e. The maximum Gasteiger partial charge on any atom is 0.329 e. The molecule has 15 atom stereocenters. The van der Waals surface area contributed by atoms with E-state index in [1.807, 2.05) is 26.0 Å². The molecule has 3 heterocycles. The molecule has 4 rings (SSSR count). The van der Waals surface area contributed by atoms with Crippen LogP contribution in [-0.2, 0) is 42.9 Å². The number of fused-ring (bicyclic) bond motifs is 3. The summed E-state index contributed by atoms with van der Waals surface area (Å²) in [6, 6.07) is -1.15. The fourth-order valence-corrected chi connectivity index (χ4v) is 10.1. The van der Waals surface area contributed by atoms with Crippen molar-refractivity contribution in [2.45, 2.75) is 193 Å². The number of ketones is 3. The van der Waals surface area contributed by atoms with E-state index in [9.17, 15) is 44.4 Å². The predicted molar refractivity (Wildman–Crippen MR) is 240 cm³/mol. The van der Waals surface area contributed by atoms with Crippen LogP contribution in [0.4, 0.5) is 0 Å². The lowest BCUT2D eigenvalue weighted by Crippen LogP contribution is -2.61. The van der Waals surface area contributed by atoms with Gasteiger partial charge in [0, 0.05) is 51.4 Å². The molecule has 0 unspecified atom stereocenters. The number of amides is 1. The average molecular weight is 902 g/mol. The minimum absolute atomic E-state index is 0.0719. The Hall–Kier alpha value is -3.11. The Kier molecular flexibility index (Phi) is 20.6. The first-order valence-corrected chi connectivity index (χ1v) is 23.9.